The molecule has 1 aromatic heterocycles. The van der Waals surface area contributed by atoms with Crippen molar-refractivity contribution in [3.63, 3.8) is 0 Å². The molecule has 1 amide bonds. The zero-order chi connectivity index (χ0) is 13.0. The number of hydrogen-bond acceptors (Lipinski definition) is 4. The van der Waals surface area contributed by atoms with Crippen LogP contribution in [0.2, 0.25) is 0 Å². The second-order valence-electron chi connectivity index (χ2n) is 3.30. The smallest absolute Gasteiger partial charge is 0.417 e. The Bertz CT molecular complexity index is 564. The minimum atomic E-state index is -1.09. The molecule has 0 aliphatic carbocycles. The number of carbonyl (C=O) groups excluding carboxylic acids is 1. The van der Waals surface area contributed by atoms with Crippen LogP contribution in [0.4, 0.5) is 9.80 Å². The summed E-state index contributed by atoms with van der Waals surface area (Å²) < 4.78 is 4.99. The van der Waals surface area contributed by atoms with Gasteiger partial charge in [0.15, 0.2) is 0 Å². The molecule has 6 heteroatoms. The first-order valence-corrected chi connectivity index (χ1v) is 5.89. The Morgan fingerprint density at radius 3 is 2.56 bits per heavy atom. The molecule has 2 rings (SSSR count). The molecule has 0 atom stereocenters. The third kappa shape index (κ3) is 2.86. The Labute approximate surface area is 107 Å². The van der Waals surface area contributed by atoms with E-state index in [9.17, 15) is 9.59 Å². The van der Waals surface area contributed by atoms with Gasteiger partial charge in [-0.2, -0.15) is 0 Å². The SMILES string of the molecule is O=C(Nc1sccc1C(=O)O)Oc1ccccc1. The summed E-state index contributed by atoms with van der Waals surface area (Å²) in [6.07, 6.45) is -0.717. The number of benzene rings is 1. The number of anilines is 1. The highest BCUT2D eigenvalue weighted by atomic mass is 32.1. The quantitative estimate of drug-likeness (QED) is 0.892. The lowest BCUT2D eigenvalue weighted by atomic mass is 10.3. The fourth-order valence-electron chi connectivity index (χ4n) is 1.29. The van der Waals surface area contributed by atoms with Crippen molar-refractivity contribution in [2.45, 2.75) is 0 Å². The van der Waals surface area contributed by atoms with E-state index in [1.54, 1.807) is 35.7 Å². The van der Waals surface area contributed by atoms with Crippen molar-refractivity contribution in [1.82, 2.24) is 0 Å². The molecule has 0 fully saturated rings. The van der Waals surface area contributed by atoms with Crippen LogP contribution >= 0.6 is 11.3 Å². The van der Waals surface area contributed by atoms with E-state index in [1.165, 1.54) is 6.07 Å². The summed E-state index contributed by atoms with van der Waals surface area (Å²) >= 11 is 1.12. The molecule has 18 heavy (non-hydrogen) atoms. The monoisotopic (exact) mass is 263 g/mol. The van der Waals surface area contributed by atoms with Crippen LogP contribution in [0.5, 0.6) is 5.75 Å². The molecule has 1 heterocycles. The number of hydrogen-bond donors (Lipinski definition) is 2. The van der Waals surface area contributed by atoms with E-state index < -0.39 is 12.1 Å². The van der Waals surface area contributed by atoms with E-state index in [2.05, 4.69) is 5.32 Å². The van der Waals surface area contributed by atoms with Gasteiger partial charge in [0.25, 0.3) is 0 Å². The van der Waals surface area contributed by atoms with Crippen LogP contribution in [-0.4, -0.2) is 17.2 Å². The Morgan fingerprint density at radius 1 is 1.17 bits per heavy atom. The average molecular weight is 263 g/mol. The van der Waals surface area contributed by atoms with Gasteiger partial charge in [0, 0.05) is 0 Å². The van der Waals surface area contributed by atoms with E-state index in [1.807, 2.05) is 0 Å². The van der Waals surface area contributed by atoms with Crippen LogP contribution in [0.3, 0.4) is 0 Å². The van der Waals surface area contributed by atoms with Gasteiger partial charge in [-0.15, -0.1) is 11.3 Å². The van der Waals surface area contributed by atoms with Crippen molar-refractivity contribution in [3.8, 4) is 5.75 Å². The molecule has 92 valence electrons. The van der Waals surface area contributed by atoms with Gasteiger partial charge in [0.2, 0.25) is 0 Å². The second-order valence-corrected chi connectivity index (χ2v) is 4.21. The molecule has 2 N–H and O–H groups in total. The first-order valence-electron chi connectivity index (χ1n) is 5.01. The zero-order valence-corrected chi connectivity index (χ0v) is 9.94. The van der Waals surface area contributed by atoms with Crippen molar-refractivity contribution in [1.29, 1.82) is 0 Å². The number of nitrogens with one attached hydrogen (secondary N) is 1. The number of ether oxygens (including phenoxy) is 1. The summed E-state index contributed by atoms with van der Waals surface area (Å²) in [6.45, 7) is 0. The molecule has 0 aliphatic rings. The molecule has 0 aliphatic heterocycles. The number of para-hydroxylation sites is 1. The van der Waals surface area contributed by atoms with Crippen LogP contribution in [0.1, 0.15) is 10.4 Å². The van der Waals surface area contributed by atoms with Crippen molar-refractivity contribution in [2.75, 3.05) is 5.32 Å². The molecule has 0 radical (unpaired) electrons. The van der Waals surface area contributed by atoms with E-state index >= 15 is 0 Å². The van der Waals surface area contributed by atoms with Crippen LogP contribution in [-0.2, 0) is 0 Å². The first kappa shape index (κ1) is 12.1. The number of carboxylic acid groups (broad SMARTS) is 1. The summed E-state index contributed by atoms with van der Waals surface area (Å²) in [5, 5.41) is 13.1. The second kappa shape index (κ2) is 5.33. The largest absolute Gasteiger partial charge is 0.478 e. The number of rotatable bonds is 3. The molecule has 0 unspecified atom stereocenters. The third-order valence-corrected chi connectivity index (χ3v) is 2.89. The van der Waals surface area contributed by atoms with Crippen molar-refractivity contribution in [3.05, 3.63) is 47.3 Å². The Hall–Kier alpha value is -2.34. The molecule has 0 bridgehead atoms. The first-order chi connectivity index (χ1) is 8.66. The van der Waals surface area contributed by atoms with Gasteiger partial charge in [0.1, 0.15) is 10.8 Å². The van der Waals surface area contributed by atoms with Crippen LogP contribution in [0.25, 0.3) is 0 Å². The zero-order valence-electron chi connectivity index (χ0n) is 9.12. The highest BCUT2D eigenvalue weighted by Gasteiger charge is 2.14. The Morgan fingerprint density at radius 2 is 1.89 bits per heavy atom. The maximum absolute atomic E-state index is 11.5. The molecule has 0 saturated carbocycles. The van der Waals surface area contributed by atoms with Gasteiger partial charge in [-0.1, -0.05) is 18.2 Å². The average Bonchev–Trinajstić information content (AvgIpc) is 2.78. The van der Waals surface area contributed by atoms with E-state index in [-0.39, 0.29) is 10.6 Å². The lowest BCUT2D eigenvalue weighted by molar-refractivity contribution is 0.0698. The molecular weight excluding hydrogens is 254 g/mol. The maximum atomic E-state index is 11.5. The number of carbonyl (C=O) groups is 2. The van der Waals surface area contributed by atoms with Crippen LogP contribution < -0.4 is 10.1 Å². The van der Waals surface area contributed by atoms with Crippen molar-refractivity contribution < 1.29 is 19.4 Å². The molecule has 1 aromatic carbocycles. The topological polar surface area (TPSA) is 75.6 Å². The van der Waals surface area contributed by atoms with Crippen molar-refractivity contribution in [2.24, 2.45) is 0 Å². The number of thiophene rings is 1. The van der Waals surface area contributed by atoms with Crippen LogP contribution in [0.15, 0.2) is 41.8 Å². The minimum Gasteiger partial charge on any atom is -0.478 e. The fraction of sp³-hybridized carbons (Fsp3) is 0. The maximum Gasteiger partial charge on any atom is 0.417 e. The van der Waals surface area contributed by atoms with Gasteiger partial charge in [0.05, 0.1) is 5.56 Å². The molecule has 0 saturated heterocycles. The lowest BCUT2D eigenvalue weighted by Gasteiger charge is -2.05. The summed E-state index contributed by atoms with van der Waals surface area (Å²) in [4.78, 5) is 22.4. The number of aromatic carboxylic acids is 1. The predicted octanol–water partition coefficient (Wildman–Crippen LogP) is 3.06. The minimum absolute atomic E-state index is 0.0463. The van der Waals surface area contributed by atoms with Gasteiger partial charge in [-0.3, -0.25) is 5.32 Å². The fourth-order valence-corrected chi connectivity index (χ4v) is 2.05. The Kier molecular flexibility index (Phi) is 3.59. The Balaban J connectivity index is 2.04. The predicted molar refractivity (Wildman–Crippen MR) is 67.4 cm³/mol. The summed E-state index contributed by atoms with van der Waals surface area (Å²) in [7, 11) is 0. The standard InChI is InChI=1S/C12H9NO4S/c14-11(15)9-6-7-18-10(9)13-12(16)17-8-4-2-1-3-5-8/h1-7H,(H,13,16)(H,14,15). The van der Waals surface area contributed by atoms with Gasteiger partial charge in [-0.05, 0) is 23.6 Å². The molecule has 2 aromatic rings. The molecule has 5 nitrogen and oxygen atoms in total. The van der Waals surface area contributed by atoms with E-state index in [4.69, 9.17) is 9.84 Å². The highest BCUT2D eigenvalue weighted by molar-refractivity contribution is 7.14. The molecule has 0 spiro atoms. The lowest BCUT2D eigenvalue weighted by Crippen LogP contribution is -2.17. The highest BCUT2D eigenvalue weighted by Crippen LogP contribution is 2.23. The van der Waals surface area contributed by atoms with Gasteiger partial charge < -0.3 is 9.84 Å². The third-order valence-electron chi connectivity index (χ3n) is 2.06. The summed E-state index contributed by atoms with van der Waals surface area (Å²) in [5.41, 5.74) is 0.0463. The number of carboxylic acids is 1. The molecular formula is C12H9NO4S. The van der Waals surface area contributed by atoms with Crippen molar-refractivity contribution >= 4 is 28.4 Å². The van der Waals surface area contributed by atoms with Crippen LogP contribution in [0, 0.1) is 0 Å². The number of amides is 1. The van der Waals surface area contributed by atoms with Gasteiger partial charge in [-0.25, -0.2) is 9.59 Å². The summed E-state index contributed by atoms with van der Waals surface area (Å²) in [5.74, 6) is -0.699. The van der Waals surface area contributed by atoms with E-state index in [0.717, 1.165) is 11.3 Å². The normalized spacial score (nSPS) is 9.78. The van der Waals surface area contributed by atoms with E-state index in [0.29, 0.717) is 5.75 Å². The summed E-state index contributed by atoms with van der Waals surface area (Å²) in [6, 6.07) is 9.95. The van der Waals surface area contributed by atoms with Gasteiger partial charge >= 0.3 is 12.1 Å².